The quantitative estimate of drug-likeness (QED) is 0.251. The van der Waals surface area contributed by atoms with Crippen LogP contribution >= 0.6 is 11.8 Å². The summed E-state index contributed by atoms with van der Waals surface area (Å²) in [5.41, 5.74) is 3.93. The van der Waals surface area contributed by atoms with Gasteiger partial charge in [-0.3, -0.25) is 9.89 Å². The number of aromatic nitrogens is 3. The first-order valence-corrected chi connectivity index (χ1v) is 12.9. The van der Waals surface area contributed by atoms with E-state index in [2.05, 4.69) is 20.5 Å². The van der Waals surface area contributed by atoms with Crippen LogP contribution in [0.1, 0.15) is 32.7 Å². The molecule has 4 aromatic rings. The summed E-state index contributed by atoms with van der Waals surface area (Å²) in [6.07, 6.45) is 3.26. The molecule has 10 nitrogen and oxygen atoms in total. The highest BCUT2D eigenvalue weighted by Gasteiger charge is 2.32. The number of fused-ring (bicyclic) bond motifs is 2. The summed E-state index contributed by atoms with van der Waals surface area (Å²) in [6.45, 7) is 1.82. The van der Waals surface area contributed by atoms with Crippen LogP contribution < -0.4 is 14.8 Å². The molecular formula is C28H18FN5O5S. The van der Waals surface area contributed by atoms with Crippen LogP contribution in [0.25, 0.3) is 23.1 Å². The highest BCUT2D eigenvalue weighted by Crippen LogP contribution is 2.39. The van der Waals surface area contributed by atoms with Crippen molar-refractivity contribution in [2.24, 2.45) is 0 Å². The smallest absolute Gasteiger partial charge is 0.347 e. The number of amides is 1. The SMILES string of the molecule is Cc1cc2c(c(SCC(=O)Nc3cc4c(cc3C#N)OCO4)n1)C(=O)OC2=Cc1cn[nH]c1-c1ccc(F)cc1. The molecule has 2 aliphatic rings. The van der Waals surface area contributed by atoms with Crippen LogP contribution in [0, 0.1) is 24.1 Å². The van der Waals surface area contributed by atoms with Crippen molar-refractivity contribution in [2.45, 2.75) is 11.9 Å². The fraction of sp³-hybridized carbons (Fsp3) is 0.107. The van der Waals surface area contributed by atoms with Gasteiger partial charge in [-0.05, 0) is 43.3 Å². The van der Waals surface area contributed by atoms with Crippen molar-refractivity contribution < 1.29 is 28.2 Å². The lowest BCUT2D eigenvalue weighted by Gasteiger charge is -2.09. The van der Waals surface area contributed by atoms with Crippen LogP contribution in [0.3, 0.4) is 0 Å². The van der Waals surface area contributed by atoms with Gasteiger partial charge in [0, 0.05) is 34.5 Å². The molecule has 40 heavy (non-hydrogen) atoms. The zero-order valence-corrected chi connectivity index (χ0v) is 21.6. The number of carbonyl (C=O) groups excluding carboxylic acids is 2. The van der Waals surface area contributed by atoms with Crippen LogP contribution in [0.2, 0.25) is 0 Å². The fourth-order valence-electron chi connectivity index (χ4n) is 4.31. The molecule has 0 saturated carbocycles. The second kappa shape index (κ2) is 10.2. The van der Waals surface area contributed by atoms with E-state index in [4.69, 9.17) is 14.2 Å². The van der Waals surface area contributed by atoms with Crippen molar-refractivity contribution in [3.05, 3.63) is 82.4 Å². The Bertz CT molecular complexity index is 1760. The standard InChI is InChI=1S/C28H18FN5O5S/c1-14-6-19-21(8-17-11-31-34-26(17)15-2-4-18(29)5-3-15)39-28(36)25(19)27(32-14)40-12-24(35)33-20-9-23-22(37-13-38-23)7-16(20)10-30/h2-9,11H,12-13H2,1H3,(H,31,34)(H,33,35). The van der Waals surface area contributed by atoms with Crippen molar-refractivity contribution in [1.29, 1.82) is 5.26 Å². The molecule has 12 heteroatoms. The Hall–Kier alpha value is -5.15. The molecule has 198 valence electrons. The number of hydrogen-bond acceptors (Lipinski definition) is 9. The molecule has 1 amide bonds. The number of nitrogens with one attached hydrogen (secondary N) is 2. The zero-order chi connectivity index (χ0) is 27.8. The normalized spacial score (nSPS) is 14.1. The number of halogens is 1. The van der Waals surface area contributed by atoms with E-state index in [0.717, 1.165) is 11.8 Å². The van der Waals surface area contributed by atoms with Crippen molar-refractivity contribution in [1.82, 2.24) is 15.2 Å². The Morgan fingerprint density at radius 2 is 2.00 bits per heavy atom. The highest BCUT2D eigenvalue weighted by atomic mass is 32.2. The predicted molar refractivity (Wildman–Crippen MR) is 143 cm³/mol. The monoisotopic (exact) mass is 555 g/mol. The van der Waals surface area contributed by atoms with E-state index < -0.39 is 11.9 Å². The van der Waals surface area contributed by atoms with Gasteiger partial charge in [0.25, 0.3) is 0 Å². The van der Waals surface area contributed by atoms with E-state index in [1.165, 1.54) is 24.3 Å². The number of carbonyl (C=O) groups is 2. The van der Waals surface area contributed by atoms with Gasteiger partial charge in [-0.2, -0.15) is 10.4 Å². The Morgan fingerprint density at radius 1 is 1.23 bits per heavy atom. The maximum Gasteiger partial charge on any atom is 0.347 e. The molecule has 0 unspecified atom stereocenters. The summed E-state index contributed by atoms with van der Waals surface area (Å²) in [5, 5.41) is 19.5. The van der Waals surface area contributed by atoms with Crippen LogP contribution in [0.5, 0.6) is 11.5 Å². The lowest BCUT2D eigenvalue weighted by atomic mass is 10.0. The molecule has 4 heterocycles. The number of anilines is 1. The summed E-state index contributed by atoms with van der Waals surface area (Å²) >= 11 is 1.08. The summed E-state index contributed by atoms with van der Waals surface area (Å²) in [7, 11) is 0. The lowest BCUT2D eigenvalue weighted by molar-refractivity contribution is -0.113. The van der Waals surface area contributed by atoms with Crippen molar-refractivity contribution in [3.8, 4) is 28.8 Å². The van der Waals surface area contributed by atoms with Crippen LogP contribution in [0.4, 0.5) is 10.1 Å². The van der Waals surface area contributed by atoms with Crippen molar-refractivity contribution >= 4 is 41.2 Å². The van der Waals surface area contributed by atoms with Gasteiger partial charge in [0.2, 0.25) is 12.7 Å². The number of cyclic esters (lactones) is 1. The molecule has 0 atom stereocenters. The van der Waals surface area contributed by atoms with Gasteiger partial charge < -0.3 is 19.5 Å². The van der Waals surface area contributed by atoms with Gasteiger partial charge in [0.1, 0.15) is 28.2 Å². The number of nitriles is 1. The molecule has 2 N–H and O–H groups in total. The maximum atomic E-state index is 13.4. The number of thioether (sulfide) groups is 1. The molecule has 0 saturated heterocycles. The number of ether oxygens (including phenoxy) is 3. The van der Waals surface area contributed by atoms with Crippen LogP contribution in [-0.2, 0) is 9.53 Å². The Labute approximate surface area is 230 Å². The first-order valence-electron chi connectivity index (χ1n) is 11.9. The van der Waals surface area contributed by atoms with Gasteiger partial charge in [0.15, 0.2) is 11.5 Å². The molecule has 6 rings (SSSR count). The second-order valence-corrected chi connectivity index (χ2v) is 9.76. The van der Waals surface area contributed by atoms with E-state index in [9.17, 15) is 19.2 Å². The minimum absolute atomic E-state index is 0.0400. The zero-order valence-electron chi connectivity index (χ0n) is 20.8. The minimum Gasteiger partial charge on any atom is -0.454 e. The number of rotatable bonds is 6. The molecule has 0 aliphatic carbocycles. The largest absolute Gasteiger partial charge is 0.454 e. The van der Waals surface area contributed by atoms with E-state index in [0.29, 0.717) is 56.0 Å². The topological polar surface area (TPSA) is 139 Å². The number of aromatic amines is 1. The highest BCUT2D eigenvalue weighted by molar-refractivity contribution is 8.00. The van der Waals surface area contributed by atoms with Gasteiger partial charge >= 0.3 is 5.97 Å². The van der Waals surface area contributed by atoms with E-state index in [-0.39, 0.29) is 29.5 Å². The van der Waals surface area contributed by atoms with Gasteiger partial charge in [-0.1, -0.05) is 11.8 Å². The van der Waals surface area contributed by atoms with Gasteiger partial charge in [-0.15, -0.1) is 0 Å². The minimum atomic E-state index is -0.592. The molecule has 0 fully saturated rings. The summed E-state index contributed by atoms with van der Waals surface area (Å²) in [5.74, 6) is -0.253. The van der Waals surface area contributed by atoms with Crippen LogP contribution in [-0.4, -0.2) is 39.6 Å². The van der Waals surface area contributed by atoms with Crippen molar-refractivity contribution in [3.63, 3.8) is 0 Å². The Kier molecular flexibility index (Phi) is 6.41. The molecule has 2 aliphatic heterocycles. The number of esters is 1. The van der Waals surface area contributed by atoms with E-state index >= 15 is 0 Å². The number of H-pyrrole nitrogens is 1. The van der Waals surface area contributed by atoms with Crippen LogP contribution in [0.15, 0.2) is 53.7 Å². The molecule has 2 aromatic carbocycles. The predicted octanol–water partition coefficient (Wildman–Crippen LogP) is 4.92. The van der Waals surface area contributed by atoms with E-state index in [1.807, 2.05) is 6.07 Å². The molecule has 0 radical (unpaired) electrons. The second-order valence-electron chi connectivity index (χ2n) is 8.80. The number of benzene rings is 2. The number of nitrogens with zero attached hydrogens (tertiary/aromatic N) is 3. The average Bonchev–Trinajstić information content (AvgIpc) is 3.66. The van der Waals surface area contributed by atoms with Gasteiger partial charge in [-0.25, -0.2) is 14.2 Å². The summed E-state index contributed by atoms with van der Waals surface area (Å²) in [4.78, 5) is 30.2. The average molecular weight is 556 g/mol. The third-order valence-corrected chi connectivity index (χ3v) is 7.10. The van der Waals surface area contributed by atoms with E-state index in [1.54, 1.807) is 37.4 Å². The first-order chi connectivity index (χ1) is 19.4. The Morgan fingerprint density at radius 3 is 2.77 bits per heavy atom. The van der Waals surface area contributed by atoms with Gasteiger partial charge in [0.05, 0.1) is 28.9 Å². The summed E-state index contributed by atoms with van der Waals surface area (Å²) in [6, 6.07) is 12.7. The summed E-state index contributed by atoms with van der Waals surface area (Å²) < 4.78 is 29.6. The molecule has 2 aromatic heterocycles. The lowest BCUT2D eigenvalue weighted by Crippen LogP contribution is -2.15. The third-order valence-electron chi connectivity index (χ3n) is 6.12. The van der Waals surface area contributed by atoms with Crippen molar-refractivity contribution in [2.75, 3.05) is 17.9 Å². The molecule has 0 spiro atoms. The third kappa shape index (κ3) is 4.74. The molecule has 0 bridgehead atoms. The first kappa shape index (κ1) is 25.1. The molecular weight excluding hydrogens is 537 g/mol. The Balaban J connectivity index is 1.24. The number of aryl methyl sites for hydroxylation is 1. The maximum absolute atomic E-state index is 13.4. The number of hydrogen-bond donors (Lipinski definition) is 2. The number of pyridine rings is 1. The fourth-order valence-corrected chi connectivity index (χ4v) is 5.19.